The molecule has 1 amide bonds. The predicted octanol–water partition coefficient (Wildman–Crippen LogP) is 2.82. The maximum absolute atomic E-state index is 11.5. The van der Waals surface area contributed by atoms with E-state index in [-0.39, 0.29) is 5.91 Å². The van der Waals surface area contributed by atoms with Crippen LogP contribution >= 0.6 is 11.6 Å². The molecule has 0 aliphatic rings. The third-order valence-electron chi connectivity index (χ3n) is 2.10. The Balaban J connectivity index is 3.49. The molecule has 82 valence electrons. The van der Waals surface area contributed by atoms with E-state index in [1.807, 2.05) is 13.1 Å². The highest BCUT2D eigenvalue weighted by Gasteiger charge is 2.06. The number of carbonyl (C=O) groups is 1. The van der Waals surface area contributed by atoms with Crippen LogP contribution in [0.15, 0.2) is 12.7 Å². The van der Waals surface area contributed by atoms with Gasteiger partial charge in [0.15, 0.2) is 0 Å². The average molecular weight is 218 g/mol. The Labute approximate surface area is 91.9 Å². The van der Waals surface area contributed by atoms with Gasteiger partial charge in [0.25, 0.3) is 0 Å². The molecule has 0 aromatic carbocycles. The van der Waals surface area contributed by atoms with E-state index in [4.69, 9.17) is 11.6 Å². The number of hydrogen-bond donors (Lipinski definition) is 0. The molecule has 0 heterocycles. The number of allylic oxidation sites excluding steroid dienone is 1. The van der Waals surface area contributed by atoms with Crippen LogP contribution in [0, 0.1) is 0 Å². The van der Waals surface area contributed by atoms with Crippen molar-refractivity contribution in [2.24, 2.45) is 0 Å². The third kappa shape index (κ3) is 6.96. The van der Waals surface area contributed by atoms with Gasteiger partial charge in [-0.25, -0.2) is 0 Å². The zero-order valence-electron chi connectivity index (χ0n) is 8.97. The van der Waals surface area contributed by atoms with Gasteiger partial charge >= 0.3 is 0 Å². The van der Waals surface area contributed by atoms with Crippen LogP contribution in [-0.2, 0) is 4.79 Å². The molecule has 0 bridgehead atoms. The molecule has 0 aliphatic carbocycles. The second kappa shape index (κ2) is 9.07. The number of alkyl halides is 1. The highest BCUT2D eigenvalue weighted by molar-refractivity contribution is 6.17. The zero-order valence-corrected chi connectivity index (χ0v) is 9.72. The number of hydrogen-bond acceptors (Lipinski definition) is 1. The summed E-state index contributed by atoms with van der Waals surface area (Å²) in [5.41, 5.74) is 0. The summed E-state index contributed by atoms with van der Waals surface area (Å²) in [7, 11) is 1.85. The second-order valence-corrected chi connectivity index (χ2v) is 3.77. The van der Waals surface area contributed by atoms with Gasteiger partial charge in [-0.05, 0) is 25.7 Å². The molecule has 0 atom stereocenters. The van der Waals surface area contributed by atoms with Crippen LogP contribution in [0.4, 0.5) is 0 Å². The molecule has 0 radical (unpaired) electrons. The maximum atomic E-state index is 11.5. The summed E-state index contributed by atoms with van der Waals surface area (Å²) in [6, 6.07) is 0. The molecule has 0 N–H and O–H groups in total. The van der Waals surface area contributed by atoms with Gasteiger partial charge in [-0.15, -0.1) is 18.2 Å². The average Bonchev–Trinajstić information content (AvgIpc) is 2.18. The van der Waals surface area contributed by atoms with Crippen molar-refractivity contribution in [1.82, 2.24) is 4.90 Å². The standard InChI is InChI=1S/C11H20ClNO/c1-3-4-7-10-13(2)11(14)8-5-6-9-12/h3H,1,4-10H2,2H3. The molecule has 0 spiro atoms. The Morgan fingerprint density at radius 2 is 2.14 bits per heavy atom. The minimum absolute atomic E-state index is 0.221. The van der Waals surface area contributed by atoms with Crippen LogP contribution in [-0.4, -0.2) is 30.3 Å². The summed E-state index contributed by atoms with van der Waals surface area (Å²) in [4.78, 5) is 13.3. The van der Waals surface area contributed by atoms with Crippen molar-refractivity contribution in [3.63, 3.8) is 0 Å². The van der Waals surface area contributed by atoms with E-state index in [9.17, 15) is 4.79 Å². The molecule has 14 heavy (non-hydrogen) atoms. The number of nitrogens with zero attached hydrogens (tertiary/aromatic N) is 1. The Bertz CT molecular complexity index is 171. The summed E-state index contributed by atoms with van der Waals surface area (Å²) < 4.78 is 0. The van der Waals surface area contributed by atoms with Gasteiger partial charge in [0.05, 0.1) is 0 Å². The first kappa shape index (κ1) is 13.5. The van der Waals surface area contributed by atoms with E-state index in [2.05, 4.69) is 6.58 Å². The van der Waals surface area contributed by atoms with E-state index in [1.54, 1.807) is 4.90 Å². The number of carbonyl (C=O) groups excluding carboxylic acids is 1. The minimum Gasteiger partial charge on any atom is -0.346 e. The lowest BCUT2D eigenvalue weighted by Crippen LogP contribution is -2.27. The fourth-order valence-corrected chi connectivity index (χ4v) is 1.35. The molecule has 0 fully saturated rings. The molecule has 0 saturated carbocycles. The number of unbranched alkanes of at least 4 members (excludes halogenated alkanes) is 2. The van der Waals surface area contributed by atoms with Crippen LogP contribution in [0.2, 0.25) is 0 Å². The predicted molar refractivity (Wildman–Crippen MR) is 61.6 cm³/mol. The lowest BCUT2D eigenvalue weighted by molar-refractivity contribution is -0.130. The maximum Gasteiger partial charge on any atom is 0.222 e. The SMILES string of the molecule is C=CCCCN(C)C(=O)CCCCCl. The van der Waals surface area contributed by atoms with Crippen LogP contribution in [0.5, 0.6) is 0 Å². The van der Waals surface area contributed by atoms with Gasteiger partial charge < -0.3 is 4.90 Å². The Morgan fingerprint density at radius 1 is 1.43 bits per heavy atom. The van der Waals surface area contributed by atoms with Crippen molar-refractivity contribution in [1.29, 1.82) is 0 Å². The highest BCUT2D eigenvalue weighted by atomic mass is 35.5. The molecule has 0 aromatic heterocycles. The zero-order chi connectivity index (χ0) is 10.8. The van der Waals surface area contributed by atoms with Gasteiger partial charge in [0.1, 0.15) is 0 Å². The first-order valence-electron chi connectivity index (χ1n) is 5.13. The van der Waals surface area contributed by atoms with Crippen LogP contribution in [0.3, 0.4) is 0 Å². The van der Waals surface area contributed by atoms with Gasteiger partial charge in [-0.2, -0.15) is 0 Å². The Hall–Kier alpha value is -0.500. The summed E-state index contributed by atoms with van der Waals surface area (Å²) in [5.74, 6) is 0.868. The van der Waals surface area contributed by atoms with Gasteiger partial charge in [-0.1, -0.05) is 6.08 Å². The number of halogens is 1. The van der Waals surface area contributed by atoms with Crippen molar-refractivity contribution in [2.45, 2.75) is 32.1 Å². The van der Waals surface area contributed by atoms with Crippen LogP contribution < -0.4 is 0 Å². The molecule has 0 rings (SSSR count). The molecule has 2 nitrogen and oxygen atoms in total. The number of rotatable bonds is 8. The van der Waals surface area contributed by atoms with Crippen molar-refractivity contribution < 1.29 is 4.79 Å². The Morgan fingerprint density at radius 3 is 2.71 bits per heavy atom. The molecular formula is C11H20ClNO. The fraction of sp³-hybridized carbons (Fsp3) is 0.727. The minimum atomic E-state index is 0.221. The van der Waals surface area contributed by atoms with Crippen molar-refractivity contribution in [3.8, 4) is 0 Å². The summed E-state index contributed by atoms with van der Waals surface area (Å²) in [6.45, 7) is 4.47. The summed E-state index contributed by atoms with van der Waals surface area (Å²) in [6.07, 6.45) is 6.30. The van der Waals surface area contributed by atoms with Crippen LogP contribution in [0.1, 0.15) is 32.1 Å². The fourth-order valence-electron chi connectivity index (χ4n) is 1.16. The Kier molecular flexibility index (Phi) is 8.75. The molecule has 3 heteroatoms. The quantitative estimate of drug-likeness (QED) is 0.348. The second-order valence-electron chi connectivity index (χ2n) is 3.39. The smallest absolute Gasteiger partial charge is 0.222 e. The van der Waals surface area contributed by atoms with Crippen molar-refractivity contribution in [3.05, 3.63) is 12.7 Å². The molecule has 0 unspecified atom stereocenters. The van der Waals surface area contributed by atoms with Crippen LogP contribution in [0.25, 0.3) is 0 Å². The van der Waals surface area contributed by atoms with E-state index in [0.717, 1.165) is 32.2 Å². The normalized spacial score (nSPS) is 9.86. The third-order valence-corrected chi connectivity index (χ3v) is 2.37. The molecular weight excluding hydrogens is 198 g/mol. The lowest BCUT2D eigenvalue weighted by atomic mass is 10.2. The van der Waals surface area contributed by atoms with E-state index >= 15 is 0 Å². The monoisotopic (exact) mass is 217 g/mol. The van der Waals surface area contributed by atoms with Gasteiger partial charge in [0, 0.05) is 25.9 Å². The molecule has 0 saturated heterocycles. The van der Waals surface area contributed by atoms with Gasteiger partial charge in [-0.3, -0.25) is 4.79 Å². The summed E-state index contributed by atoms with van der Waals surface area (Å²) >= 11 is 5.53. The van der Waals surface area contributed by atoms with Gasteiger partial charge in [0.2, 0.25) is 5.91 Å². The first-order chi connectivity index (χ1) is 6.72. The topological polar surface area (TPSA) is 20.3 Å². The first-order valence-corrected chi connectivity index (χ1v) is 5.66. The lowest BCUT2D eigenvalue weighted by Gasteiger charge is -2.16. The van der Waals surface area contributed by atoms with Crippen molar-refractivity contribution >= 4 is 17.5 Å². The van der Waals surface area contributed by atoms with E-state index in [1.165, 1.54) is 0 Å². The highest BCUT2D eigenvalue weighted by Crippen LogP contribution is 2.02. The molecule has 0 aliphatic heterocycles. The van der Waals surface area contributed by atoms with E-state index < -0.39 is 0 Å². The largest absolute Gasteiger partial charge is 0.346 e. The summed E-state index contributed by atoms with van der Waals surface area (Å²) in [5, 5.41) is 0. The van der Waals surface area contributed by atoms with Crippen molar-refractivity contribution in [2.75, 3.05) is 19.5 Å². The molecule has 0 aromatic rings. The number of amides is 1. The van der Waals surface area contributed by atoms with E-state index in [0.29, 0.717) is 12.3 Å².